The summed E-state index contributed by atoms with van der Waals surface area (Å²) in [4.78, 5) is 4.03. The van der Waals surface area contributed by atoms with Gasteiger partial charge < -0.3 is 5.73 Å². The number of nitrogens with one attached hydrogen (secondary N) is 1. The molecule has 0 fully saturated rings. The van der Waals surface area contributed by atoms with E-state index in [0.717, 1.165) is 9.90 Å². The van der Waals surface area contributed by atoms with Crippen molar-refractivity contribution in [3.8, 4) is 0 Å². The number of hydrogen-bond acceptors (Lipinski definition) is 5. The van der Waals surface area contributed by atoms with Crippen molar-refractivity contribution in [2.75, 3.05) is 0 Å². The highest BCUT2D eigenvalue weighted by atomic mass is 32.2. The van der Waals surface area contributed by atoms with E-state index in [1.807, 2.05) is 0 Å². The van der Waals surface area contributed by atoms with E-state index in [1.165, 1.54) is 41.8 Å². The minimum Gasteiger partial charge on any atom is -0.384 e. The van der Waals surface area contributed by atoms with E-state index in [0.29, 0.717) is 11.3 Å². The van der Waals surface area contributed by atoms with E-state index in [9.17, 15) is 4.39 Å². The maximum Gasteiger partial charge on any atom is 0.170 e. The fraction of sp³-hybridized carbons (Fsp3) is 0.100. The van der Waals surface area contributed by atoms with E-state index in [1.54, 1.807) is 6.07 Å². The quantitative estimate of drug-likeness (QED) is 0.506. The predicted octanol–water partition coefficient (Wildman–Crippen LogP) is 2.25. The highest BCUT2D eigenvalue weighted by Crippen LogP contribution is 2.25. The maximum absolute atomic E-state index is 13.0. The van der Waals surface area contributed by atoms with Crippen LogP contribution in [0.15, 0.2) is 28.9 Å². The Balaban J connectivity index is 2.17. The van der Waals surface area contributed by atoms with Gasteiger partial charge in [0.1, 0.15) is 18.0 Å². The molecule has 0 aliphatic carbocycles. The maximum atomic E-state index is 13.0. The lowest BCUT2D eigenvalue weighted by atomic mass is 10.1. The van der Waals surface area contributed by atoms with Gasteiger partial charge in [-0.2, -0.15) is 4.37 Å². The van der Waals surface area contributed by atoms with Gasteiger partial charge in [-0.15, -0.1) is 0 Å². The van der Waals surface area contributed by atoms with Crippen LogP contribution in [0, 0.1) is 11.2 Å². The minimum absolute atomic E-state index is 0.127. The Bertz CT molecular complexity index is 527. The van der Waals surface area contributed by atoms with E-state index in [2.05, 4.69) is 9.36 Å². The summed E-state index contributed by atoms with van der Waals surface area (Å²) in [6.45, 7) is 0. The number of aromatic nitrogens is 2. The first-order valence-electron chi connectivity index (χ1n) is 4.69. The number of hydrogen-bond donors (Lipinski definition) is 2. The lowest BCUT2D eigenvalue weighted by Crippen LogP contribution is -2.13. The summed E-state index contributed by atoms with van der Waals surface area (Å²) in [5.74, 6) is 0.0712. The topological polar surface area (TPSA) is 75.7 Å². The number of thioether (sulfide) groups is 1. The molecule has 2 rings (SSSR count). The molecule has 0 bridgehead atoms. The second-order valence-electron chi connectivity index (χ2n) is 3.21. The van der Waals surface area contributed by atoms with Gasteiger partial charge in [-0.3, -0.25) is 5.41 Å². The summed E-state index contributed by atoms with van der Waals surface area (Å²) in [5, 5.41) is 7.40. The van der Waals surface area contributed by atoms with E-state index in [4.69, 9.17) is 11.1 Å². The monoisotopic (exact) mass is 268 g/mol. The number of benzene rings is 1. The lowest BCUT2D eigenvalue weighted by molar-refractivity contribution is 0.627. The van der Waals surface area contributed by atoms with Crippen LogP contribution in [0.4, 0.5) is 4.39 Å². The fourth-order valence-electron chi connectivity index (χ4n) is 1.29. The van der Waals surface area contributed by atoms with Crippen molar-refractivity contribution in [1.82, 2.24) is 9.36 Å². The molecule has 1 aromatic heterocycles. The number of nitrogen functional groups attached to an aromatic ring is 1. The third kappa shape index (κ3) is 3.01. The van der Waals surface area contributed by atoms with Crippen molar-refractivity contribution in [2.45, 2.75) is 10.1 Å². The first-order valence-corrected chi connectivity index (χ1v) is 6.45. The first-order chi connectivity index (χ1) is 8.16. The first kappa shape index (κ1) is 12.0. The van der Waals surface area contributed by atoms with Crippen molar-refractivity contribution in [3.63, 3.8) is 0 Å². The van der Waals surface area contributed by atoms with E-state index in [-0.39, 0.29) is 11.7 Å². The normalized spacial score (nSPS) is 10.4. The van der Waals surface area contributed by atoms with Crippen molar-refractivity contribution in [2.24, 2.45) is 5.73 Å². The smallest absolute Gasteiger partial charge is 0.170 e. The Hall–Kier alpha value is -1.47. The van der Waals surface area contributed by atoms with Crippen LogP contribution in [0.1, 0.15) is 11.1 Å². The van der Waals surface area contributed by atoms with Crippen molar-refractivity contribution >= 4 is 29.1 Å². The van der Waals surface area contributed by atoms with Gasteiger partial charge in [-0.05, 0) is 29.2 Å². The van der Waals surface area contributed by atoms with Gasteiger partial charge in [-0.1, -0.05) is 17.8 Å². The lowest BCUT2D eigenvalue weighted by Gasteiger charge is -2.06. The summed E-state index contributed by atoms with van der Waals surface area (Å²) in [6.07, 6.45) is 1.49. The fourth-order valence-corrected chi connectivity index (χ4v) is 2.74. The van der Waals surface area contributed by atoms with Crippen LogP contribution in [-0.4, -0.2) is 15.2 Å². The molecule has 0 amide bonds. The van der Waals surface area contributed by atoms with Crippen LogP contribution in [-0.2, 0) is 5.75 Å². The SMILES string of the molecule is N=C(N)c1cc(F)ccc1CSc1ncns1. The standard InChI is InChI=1S/C10H9FN4S2/c11-7-2-1-6(8(3-7)9(12)13)4-16-10-14-5-15-17-10/h1-3,5H,4H2,(H3,12,13). The second kappa shape index (κ2) is 5.24. The van der Waals surface area contributed by atoms with Crippen LogP contribution in [0.3, 0.4) is 0 Å². The molecule has 1 aromatic carbocycles. The van der Waals surface area contributed by atoms with Gasteiger partial charge in [0.25, 0.3) is 0 Å². The third-order valence-electron chi connectivity index (χ3n) is 2.05. The molecule has 0 radical (unpaired) electrons. The molecule has 7 heteroatoms. The van der Waals surface area contributed by atoms with Crippen LogP contribution in [0.2, 0.25) is 0 Å². The molecule has 88 valence electrons. The summed E-state index contributed by atoms with van der Waals surface area (Å²) in [5.41, 5.74) is 6.67. The number of nitrogens with zero attached hydrogens (tertiary/aromatic N) is 2. The molecular formula is C10H9FN4S2. The molecule has 1 heterocycles. The van der Waals surface area contributed by atoms with Gasteiger partial charge in [0.2, 0.25) is 0 Å². The summed E-state index contributed by atoms with van der Waals surface area (Å²) in [7, 11) is 0. The number of rotatable bonds is 4. The Morgan fingerprint density at radius 3 is 3.00 bits per heavy atom. The van der Waals surface area contributed by atoms with E-state index >= 15 is 0 Å². The number of nitrogens with two attached hydrogens (primary N) is 1. The molecule has 0 unspecified atom stereocenters. The van der Waals surface area contributed by atoms with Crippen LogP contribution in [0.25, 0.3) is 0 Å². The highest BCUT2D eigenvalue weighted by molar-refractivity contribution is 8.00. The number of amidine groups is 1. The molecule has 0 aliphatic heterocycles. The van der Waals surface area contributed by atoms with Crippen molar-refractivity contribution < 1.29 is 4.39 Å². The molecule has 0 atom stereocenters. The minimum atomic E-state index is -0.389. The van der Waals surface area contributed by atoms with Crippen molar-refractivity contribution in [3.05, 3.63) is 41.5 Å². The zero-order valence-electron chi connectivity index (χ0n) is 8.68. The molecule has 2 aromatic rings. The van der Waals surface area contributed by atoms with Gasteiger partial charge in [0.15, 0.2) is 4.34 Å². The summed E-state index contributed by atoms with van der Waals surface area (Å²) < 4.78 is 17.8. The van der Waals surface area contributed by atoms with Gasteiger partial charge in [-0.25, -0.2) is 9.37 Å². The van der Waals surface area contributed by atoms with Crippen LogP contribution in [0.5, 0.6) is 0 Å². The van der Waals surface area contributed by atoms with Crippen LogP contribution < -0.4 is 5.73 Å². The summed E-state index contributed by atoms with van der Waals surface area (Å²) in [6, 6.07) is 4.28. The molecule has 3 N–H and O–H groups in total. The third-order valence-corrected chi connectivity index (χ3v) is 3.90. The molecule has 4 nitrogen and oxygen atoms in total. The Labute approximate surface area is 106 Å². The largest absolute Gasteiger partial charge is 0.384 e. The summed E-state index contributed by atoms with van der Waals surface area (Å²) >= 11 is 2.79. The van der Waals surface area contributed by atoms with Crippen molar-refractivity contribution in [1.29, 1.82) is 5.41 Å². The molecule has 0 saturated carbocycles. The van der Waals surface area contributed by atoms with E-state index < -0.39 is 0 Å². The van der Waals surface area contributed by atoms with Gasteiger partial charge in [0.05, 0.1) is 0 Å². The second-order valence-corrected chi connectivity index (χ2v) is 5.21. The molecule has 0 spiro atoms. The zero-order chi connectivity index (χ0) is 12.3. The Kier molecular flexibility index (Phi) is 3.70. The number of halogens is 1. The average Bonchev–Trinajstić information content (AvgIpc) is 2.80. The molecule has 0 saturated heterocycles. The molecule has 0 aliphatic rings. The molecule has 17 heavy (non-hydrogen) atoms. The molecular weight excluding hydrogens is 259 g/mol. The van der Waals surface area contributed by atoms with Gasteiger partial charge in [0, 0.05) is 11.3 Å². The highest BCUT2D eigenvalue weighted by Gasteiger charge is 2.08. The van der Waals surface area contributed by atoms with Gasteiger partial charge >= 0.3 is 0 Å². The van der Waals surface area contributed by atoms with Crippen LogP contribution >= 0.6 is 23.3 Å². The Morgan fingerprint density at radius 1 is 1.53 bits per heavy atom. The Morgan fingerprint density at radius 2 is 2.35 bits per heavy atom. The zero-order valence-corrected chi connectivity index (χ0v) is 10.3. The average molecular weight is 268 g/mol. The predicted molar refractivity (Wildman–Crippen MR) is 66.9 cm³/mol.